The molecule has 4 heteroatoms. The van der Waals surface area contributed by atoms with Gasteiger partial charge in [-0.1, -0.05) is 17.7 Å². The van der Waals surface area contributed by atoms with E-state index in [1.165, 1.54) is 6.92 Å². The highest BCUT2D eigenvalue weighted by Crippen LogP contribution is 2.11. The predicted octanol–water partition coefficient (Wildman–Crippen LogP) is 1.04. The maximum Gasteiger partial charge on any atom is 0.330 e. The molecule has 0 saturated carbocycles. The van der Waals surface area contributed by atoms with Crippen LogP contribution in [0.2, 0.25) is 0 Å². The summed E-state index contributed by atoms with van der Waals surface area (Å²) < 4.78 is 4.97. The smallest absolute Gasteiger partial charge is 0.330 e. The van der Waals surface area contributed by atoms with E-state index in [0.29, 0.717) is 5.75 Å². The summed E-state index contributed by atoms with van der Waals surface area (Å²) in [4.78, 5) is 21.7. The number of hydrogen-bond donors (Lipinski definition) is 1. The van der Waals surface area contributed by atoms with E-state index in [4.69, 9.17) is 4.74 Å². The Hall–Kier alpha value is -1.84. The van der Waals surface area contributed by atoms with E-state index >= 15 is 0 Å². The minimum absolute atomic E-state index is 0.108. The Kier molecular flexibility index (Phi) is 3.85. The van der Waals surface area contributed by atoms with Gasteiger partial charge in [0.25, 0.3) is 0 Å². The fourth-order valence-corrected chi connectivity index (χ4v) is 0.970. The van der Waals surface area contributed by atoms with Crippen LogP contribution in [0.5, 0.6) is 5.75 Å². The lowest BCUT2D eigenvalue weighted by Gasteiger charge is -2.04. The lowest BCUT2D eigenvalue weighted by molar-refractivity contribution is -0.135. The topological polar surface area (TPSA) is 55.4 Å². The van der Waals surface area contributed by atoms with Gasteiger partial charge in [0.2, 0.25) is 5.91 Å². The molecule has 0 fully saturated rings. The molecule has 1 N–H and O–H groups in total. The standard InChI is InChI=1S/C11H13NO3/c1-8-3-5-10(6-4-8)15-11(14)7-12-9(2)13/h3-6H,7H2,1-2H3,(H,12,13). The first-order valence-electron chi connectivity index (χ1n) is 4.59. The molecule has 1 amide bonds. The van der Waals surface area contributed by atoms with Crippen LogP contribution in [0, 0.1) is 6.92 Å². The number of carbonyl (C=O) groups excluding carboxylic acids is 2. The average Bonchev–Trinajstić information content (AvgIpc) is 2.19. The van der Waals surface area contributed by atoms with Gasteiger partial charge in [-0.2, -0.15) is 0 Å². The normalized spacial score (nSPS) is 9.47. The van der Waals surface area contributed by atoms with Gasteiger partial charge in [-0.05, 0) is 19.1 Å². The van der Waals surface area contributed by atoms with Crippen LogP contribution in [0.1, 0.15) is 12.5 Å². The molecule has 0 spiro atoms. The van der Waals surface area contributed by atoms with Crippen molar-refractivity contribution in [2.24, 2.45) is 0 Å². The van der Waals surface area contributed by atoms with Gasteiger partial charge < -0.3 is 10.1 Å². The molecule has 0 bridgehead atoms. The van der Waals surface area contributed by atoms with Crippen LogP contribution >= 0.6 is 0 Å². The molecule has 80 valence electrons. The number of carbonyl (C=O) groups is 2. The van der Waals surface area contributed by atoms with Gasteiger partial charge in [0.05, 0.1) is 0 Å². The summed E-state index contributed by atoms with van der Waals surface area (Å²) in [5, 5.41) is 2.36. The lowest BCUT2D eigenvalue weighted by atomic mass is 10.2. The van der Waals surface area contributed by atoms with Gasteiger partial charge in [-0.15, -0.1) is 0 Å². The molecular weight excluding hydrogens is 194 g/mol. The summed E-state index contributed by atoms with van der Waals surface area (Å²) >= 11 is 0. The molecule has 0 aromatic heterocycles. The van der Waals surface area contributed by atoms with Crippen LogP contribution in [-0.2, 0) is 9.59 Å². The van der Waals surface area contributed by atoms with Crippen LogP contribution < -0.4 is 10.1 Å². The third-order valence-electron chi connectivity index (χ3n) is 1.73. The second kappa shape index (κ2) is 5.14. The Morgan fingerprint density at radius 3 is 2.40 bits per heavy atom. The van der Waals surface area contributed by atoms with E-state index in [1.54, 1.807) is 12.1 Å². The molecule has 0 aliphatic heterocycles. The molecule has 15 heavy (non-hydrogen) atoms. The molecule has 0 atom stereocenters. The van der Waals surface area contributed by atoms with Crippen LogP contribution in [0.4, 0.5) is 0 Å². The number of benzene rings is 1. The maximum atomic E-state index is 11.2. The van der Waals surface area contributed by atoms with Crippen molar-refractivity contribution >= 4 is 11.9 Å². The van der Waals surface area contributed by atoms with E-state index in [0.717, 1.165) is 5.56 Å². The van der Waals surface area contributed by atoms with Gasteiger partial charge in [-0.25, -0.2) is 4.79 Å². The molecule has 0 radical (unpaired) electrons. The Morgan fingerprint density at radius 2 is 1.87 bits per heavy atom. The fraction of sp³-hybridized carbons (Fsp3) is 0.273. The van der Waals surface area contributed by atoms with Crippen molar-refractivity contribution in [3.63, 3.8) is 0 Å². The second-order valence-corrected chi connectivity index (χ2v) is 3.20. The van der Waals surface area contributed by atoms with Crippen LogP contribution in [0.3, 0.4) is 0 Å². The highest BCUT2D eigenvalue weighted by molar-refractivity contribution is 5.81. The Labute approximate surface area is 88.2 Å². The molecule has 1 aromatic rings. The van der Waals surface area contributed by atoms with Gasteiger partial charge >= 0.3 is 5.97 Å². The number of amides is 1. The van der Waals surface area contributed by atoms with Gasteiger partial charge in [0, 0.05) is 6.92 Å². The van der Waals surface area contributed by atoms with E-state index in [2.05, 4.69) is 5.32 Å². The Bertz CT molecular complexity index is 357. The molecule has 4 nitrogen and oxygen atoms in total. The first kappa shape index (κ1) is 11.2. The Balaban J connectivity index is 2.44. The van der Waals surface area contributed by atoms with Crippen molar-refractivity contribution in [1.82, 2.24) is 5.32 Å². The quantitative estimate of drug-likeness (QED) is 0.595. The highest BCUT2D eigenvalue weighted by atomic mass is 16.5. The summed E-state index contributed by atoms with van der Waals surface area (Å²) in [7, 11) is 0. The monoisotopic (exact) mass is 207 g/mol. The summed E-state index contributed by atoms with van der Waals surface area (Å²) in [5.74, 6) is -0.249. The SMILES string of the molecule is CC(=O)NCC(=O)Oc1ccc(C)cc1. The zero-order valence-corrected chi connectivity index (χ0v) is 8.74. The van der Waals surface area contributed by atoms with Crippen LogP contribution in [0.15, 0.2) is 24.3 Å². The number of ether oxygens (including phenoxy) is 1. The van der Waals surface area contributed by atoms with Gasteiger partial charge in [0.1, 0.15) is 12.3 Å². The van der Waals surface area contributed by atoms with Crippen LogP contribution in [-0.4, -0.2) is 18.4 Å². The second-order valence-electron chi connectivity index (χ2n) is 3.20. The van der Waals surface area contributed by atoms with Crippen molar-refractivity contribution in [2.75, 3.05) is 6.54 Å². The third-order valence-corrected chi connectivity index (χ3v) is 1.73. The first-order chi connectivity index (χ1) is 7.08. The molecular formula is C11H13NO3. The molecule has 0 unspecified atom stereocenters. The number of nitrogens with one attached hydrogen (secondary N) is 1. The van der Waals surface area contributed by atoms with Crippen molar-refractivity contribution in [3.8, 4) is 5.75 Å². The van der Waals surface area contributed by atoms with E-state index in [9.17, 15) is 9.59 Å². The van der Waals surface area contributed by atoms with Crippen molar-refractivity contribution < 1.29 is 14.3 Å². The highest BCUT2D eigenvalue weighted by Gasteiger charge is 2.04. The minimum Gasteiger partial charge on any atom is -0.425 e. The van der Waals surface area contributed by atoms with Crippen LogP contribution in [0.25, 0.3) is 0 Å². The third kappa shape index (κ3) is 4.26. The average molecular weight is 207 g/mol. The van der Waals surface area contributed by atoms with Crippen molar-refractivity contribution in [3.05, 3.63) is 29.8 Å². The minimum atomic E-state index is -0.478. The van der Waals surface area contributed by atoms with Gasteiger partial charge in [-0.3, -0.25) is 4.79 Å². The predicted molar refractivity (Wildman–Crippen MR) is 55.5 cm³/mol. The Morgan fingerprint density at radius 1 is 1.27 bits per heavy atom. The number of esters is 1. The largest absolute Gasteiger partial charge is 0.425 e. The molecule has 1 aromatic carbocycles. The molecule has 0 aliphatic rings. The van der Waals surface area contributed by atoms with Crippen molar-refractivity contribution in [2.45, 2.75) is 13.8 Å². The maximum absolute atomic E-state index is 11.2. The number of aryl methyl sites for hydroxylation is 1. The summed E-state index contributed by atoms with van der Waals surface area (Å²) in [6, 6.07) is 7.12. The number of rotatable bonds is 3. The number of hydrogen-bond acceptors (Lipinski definition) is 3. The molecule has 1 rings (SSSR count). The zero-order chi connectivity index (χ0) is 11.3. The summed E-state index contributed by atoms with van der Waals surface area (Å²) in [6.07, 6.45) is 0. The summed E-state index contributed by atoms with van der Waals surface area (Å²) in [5.41, 5.74) is 1.09. The first-order valence-corrected chi connectivity index (χ1v) is 4.59. The van der Waals surface area contributed by atoms with E-state index in [-0.39, 0.29) is 12.5 Å². The zero-order valence-electron chi connectivity index (χ0n) is 8.74. The molecule has 0 saturated heterocycles. The fourth-order valence-electron chi connectivity index (χ4n) is 0.970. The van der Waals surface area contributed by atoms with E-state index < -0.39 is 5.97 Å². The summed E-state index contributed by atoms with van der Waals surface area (Å²) in [6.45, 7) is 3.19. The van der Waals surface area contributed by atoms with Gasteiger partial charge in [0.15, 0.2) is 0 Å². The van der Waals surface area contributed by atoms with Crippen molar-refractivity contribution in [1.29, 1.82) is 0 Å². The molecule has 0 heterocycles. The van der Waals surface area contributed by atoms with E-state index in [1.807, 2.05) is 19.1 Å². The lowest BCUT2D eigenvalue weighted by Crippen LogP contribution is -2.29. The molecule has 0 aliphatic carbocycles.